The number of rotatable bonds is 7. The van der Waals surface area contributed by atoms with Crippen molar-refractivity contribution in [3.05, 3.63) is 124 Å². The third kappa shape index (κ3) is 5.68. The van der Waals surface area contributed by atoms with Crippen molar-refractivity contribution in [2.75, 3.05) is 5.32 Å². The zero-order valence-corrected chi connectivity index (χ0v) is 20.0. The van der Waals surface area contributed by atoms with Crippen LogP contribution in [0.15, 0.2) is 111 Å². The van der Waals surface area contributed by atoms with E-state index < -0.39 is 5.92 Å². The number of anilines is 1. The van der Waals surface area contributed by atoms with E-state index in [-0.39, 0.29) is 17.6 Å². The molecule has 0 fully saturated rings. The van der Waals surface area contributed by atoms with Crippen LogP contribution in [0.5, 0.6) is 0 Å². The van der Waals surface area contributed by atoms with E-state index in [0.717, 1.165) is 16.7 Å². The van der Waals surface area contributed by atoms with Gasteiger partial charge in [-0.25, -0.2) is 5.43 Å². The van der Waals surface area contributed by atoms with E-state index >= 15 is 0 Å². The van der Waals surface area contributed by atoms with Crippen LogP contribution >= 0.6 is 15.9 Å². The fourth-order valence-electron chi connectivity index (χ4n) is 3.48. The Bertz CT molecular complexity index is 1260. The summed E-state index contributed by atoms with van der Waals surface area (Å²) in [7, 11) is 0. The molecule has 0 unspecified atom stereocenters. The number of benzene rings is 3. The van der Waals surface area contributed by atoms with E-state index in [1.54, 1.807) is 24.3 Å². The van der Waals surface area contributed by atoms with Crippen molar-refractivity contribution in [1.29, 1.82) is 0 Å². The molecule has 0 atom stereocenters. The third-order valence-electron chi connectivity index (χ3n) is 5.22. The van der Waals surface area contributed by atoms with Crippen LogP contribution in [0, 0.1) is 0 Å². The van der Waals surface area contributed by atoms with Gasteiger partial charge in [0.15, 0.2) is 10.4 Å². The summed E-state index contributed by atoms with van der Waals surface area (Å²) in [4.78, 5) is 25.3. The first-order valence-corrected chi connectivity index (χ1v) is 11.4. The topological polar surface area (TPSA) is 83.7 Å². The number of nitrogens with one attached hydrogen (secondary N) is 2. The summed E-state index contributed by atoms with van der Waals surface area (Å²) < 4.78 is 5.75. The predicted octanol–water partition coefficient (Wildman–Crippen LogP) is 5.97. The van der Waals surface area contributed by atoms with E-state index in [4.69, 9.17) is 4.42 Å². The Morgan fingerprint density at radius 3 is 1.94 bits per heavy atom. The molecular formula is C27H22BrN3O3. The number of hydrogen-bond donors (Lipinski definition) is 2. The Morgan fingerprint density at radius 2 is 1.41 bits per heavy atom. The van der Waals surface area contributed by atoms with Gasteiger partial charge in [-0.15, -0.1) is 0 Å². The average molecular weight is 516 g/mol. The molecule has 0 spiro atoms. The lowest BCUT2D eigenvalue weighted by atomic mass is 9.91. The lowest BCUT2D eigenvalue weighted by Gasteiger charge is -2.16. The minimum Gasteiger partial charge on any atom is -0.444 e. The van der Waals surface area contributed by atoms with E-state index in [9.17, 15) is 9.59 Å². The van der Waals surface area contributed by atoms with E-state index in [1.165, 1.54) is 0 Å². The van der Waals surface area contributed by atoms with Crippen LogP contribution in [-0.4, -0.2) is 17.5 Å². The summed E-state index contributed by atoms with van der Waals surface area (Å²) in [5.41, 5.74) is 6.57. The van der Waals surface area contributed by atoms with Crippen molar-refractivity contribution in [2.45, 2.75) is 12.8 Å². The highest BCUT2D eigenvalue weighted by Gasteiger charge is 2.22. The van der Waals surface area contributed by atoms with Gasteiger partial charge in [0.2, 0.25) is 0 Å². The number of furan rings is 1. The predicted molar refractivity (Wildman–Crippen MR) is 136 cm³/mol. The lowest BCUT2D eigenvalue weighted by molar-refractivity contribution is -0.121. The van der Waals surface area contributed by atoms with Crippen LogP contribution in [0.2, 0.25) is 0 Å². The number of nitrogens with zero attached hydrogens (tertiary/aromatic N) is 1. The summed E-state index contributed by atoms with van der Waals surface area (Å²) in [6, 6.07) is 29.7. The molecule has 170 valence electrons. The Kier molecular flexibility index (Phi) is 7.34. The van der Waals surface area contributed by atoms with Crippen LogP contribution < -0.4 is 10.7 Å². The van der Waals surface area contributed by atoms with E-state index in [0.29, 0.717) is 16.1 Å². The molecular weight excluding hydrogens is 494 g/mol. The number of amides is 2. The zero-order valence-electron chi connectivity index (χ0n) is 18.4. The Morgan fingerprint density at radius 1 is 0.824 bits per heavy atom. The van der Waals surface area contributed by atoms with Crippen LogP contribution in [0.4, 0.5) is 5.69 Å². The van der Waals surface area contributed by atoms with Crippen molar-refractivity contribution in [2.24, 2.45) is 5.10 Å². The molecule has 34 heavy (non-hydrogen) atoms. The number of halogens is 1. The molecule has 4 aromatic rings. The maximum Gasteiger partial charge on any atom is 0.291 e. The van der Waals surface area contributed by atoms with Gasteiger partial charge >= 0.3 is 0 Å². The monoisotopic (exact) mass is 515 g/mol. The number of carbonyl (C=O) groups excluding carboxylic acids is 2. The molecule has 3 aromatic carbocycles. The van der Waals surface area contributed by atoms with Crippen LogP contribution in [-0.2, 0) is 4.79 Å². The smallest absolute Gasteiger partial charge is 0.291 e. The van der Waals surface area contributed by atoms with Crippen molar-refractivity contribution in [3.8, 4) is 0 Å². The summed E-state index contributed by atoms with van der Waals surface area (Å²) >= 11 is 3.18. The summed E-state index contributed by atoms with van der Waals surface area (Å²) in [5, 5.41) is 7.09. The fraction of sp³-hybridized carbons (Fsp3) is 0.0741. The molecule has 0 aliphatic carbocycles. The maximum absolute atomic E-state index is 13.1. The second-order valence-corrected chi connectivity index (χ2v) is 8.34. The summed E-state index contributed by atoms with van der Waals surface area (Å²) in [5.74, 6) is -0.824. The average Bonchev–Trinajstić information content (AvgIpc) is 3.31. The Hall–Kier alpha value is -3.97. The molecule has 0 bridgehead atoms. The van der Waals surface area contributed by atoms with Gasteiger partial charge in [-0.3, -0.25) is 9.59 Å². The first-order chi connectivity index (χ1) is 16.5. The van der Waals surface area contributed by atoms with Crippen LogP contribution in [0.25, 0.3) is 0 Å². The minimum atomic E-state index is -0.474. The normalized spacial score (nSPS) is 11.3. The maximum atomic E-state index is 13.1. The Labute approximate surface area is 205 Å². The van der Waals surface area contributed by atoms with Gasteiger partial charge in [-0.1, -0.05) is 72.8 Å². The quantitative estimate of drug-likeness (QED) is 0.235. The number of carbonyl (C=O) groups is 2. The minimum absolute atomic E-state index is 0.211. The van der Waals surface area contributed by atoms with Gasteiger partial charge in [0.1, 0.15) is 0 Å². The molecule has 6 nitrogen and oxygen atoms in total. The van der Waals surface area contributed by atoms with Gasteiger partial charge in [-0.05, 0) is 63.8 Å². The molecule has 0 aliphatic rings. The second-order valence-electron chi connectivity index (χ2n) is 7.56. The molecule has 2 N–H and O–H groups in total. The molecule has 2 amide bonds. The van der Waals surface area contributed by atoms with Gasteiger partial charge in [0.05, 0.1) is 11.6 Å². The molecule has 1 aromatic heterocycles. The highest BCUT2D eigenvalue weighted by Crippen LogP contribution is 2.25. The molecule has 0 saturated carbocycles. The standard InChI is InChI=1S/C27H22BrN3O3/c1-18(19-12-14-22(15-13-19)29-26(32)23-16-17-24(28)34-23)30-31-27(33)25(20-8-4-2-5-9-20)21-10-6-3-7-11-21/h2-17,25H,1H3,(H,29,32)(H,31,33). The van der Waals surface area contributed by atoms with Crippen LogP contribution in [0.3, 0.4) is 0 Å². The van der Waals surface area contributed by atoms with Crippen molar-refractivity contribution < 1.29 is 14.0 Å². The number of hydrazone groups is 1. The van der Waals surface area contributed by atoms with E-state index in [2.05, 4.69) is 31.8 Å². The molecule has 0 aliphatic heterocycles. The third-order valence-corrected chi connectivity index (χ3v) is 5.65. The number of hydrogen-bond acceptors (Lipinski definition) is 4. The van der Waals surface area contributed by atoms with Crippen molar-refractivity contribution in [1.82, 2.24) is 5.43 Å². The van der Waals surface area contributed by atoms with Gasteiger partial charge < -0.3 is 9.73 Å². The largest absolute Gasteiger partial charge is 0.444 e. The SMILES string of the molecule is CC(=NNC(=O)C(c1ccccc1)c1ccccc1)c1ccc(NC(=O)c2ccc(Br)o2)cc1. The van der Waals surface area contributed by atoms with Gasteiger partial charge in [-0.2, -0.15) is 5.10 Å². The molecule has 7 heteroatoms. The van der Waals surface area contributed by atoms with Gasteiger partial charge in [0.25, 0.3) is 11.8 Å². The van der Waals surface area contributed by atoms with Crippen LogP contribution in [0.1, 0.15) is 40.1 Å². The molecule has 0 saturated heterocycles. The van der Waals surface area contributed by atoms with Crippen molar-refractivity contribution >= 4 is 39.1 Å². The molecule has 0 radical (unpaired) electrons. The van der Waals surface area contributed by atoms with Crippen molar-refractivity contribution in [3.63, 3.8) is 0 Å². The summed E-state index contributed by atoms with van der Waals surface area (Å²) in [6.07, 6.45) is 0. The first-order valence-electron chi connectivity index (χ1n) is 10.6. The Balaban J connectivity index is 1.45. The second kappa shape index (κ2) is 10.8. The lowest BCUT2D eigenvalue weighted by Crippen LogP contribution is -2.27. The van der Waals surface area contributed by atoms with E-state index in [1.807, 2.05) is 79.7 Å². The van der Waals surface area contributed by atoms with Gasteiger partial charge in [0, 0.05) is 5.69 Å². The highest BCUT2D eigenvalue weighted by molar-refractivity contribution is 9.10. The highest BCUT2D eigenvalue weighted by atomic mass is 79.9. The first kappa shape index (κ1) is 23.2. The zero-order chi connectivity index (χ0) is 23.9. The summed E-state index contributed by atoms with van der Waals surface area (Å²) in [6.45, 7) is 1.81. The molecule has 4 rings (SSSR count). The fourth-order valence-corrected chi connectivity index (χ4v) is 3.78. The molecule has 1 heterocycles.